The number of nitrogens with zero attached hydrogens (tertiary/aromatic N) is 1. The molecule has 0 bridgehead atoms. The van der Waals surface area contributed by atoms with Gasteiger partial charge >= 0.3 is 5.97 Å². The SMILES string of the molecule is C=CCOc1cccc(N(CCCC(=O)O)S(=O)(=O)c2ccc(F)cc2)c1. The van der Waals surface area contributed by atoms with Crippen molar-refractivity contribution in [1.29, 1.82) is 0 Å². The predicted octanol–water partition coefficient (Wildman–Crippen LogP) is 3.45. The molecular formula is C19H20FNO5S. The maximum absolute atomic E-state index is 13.2. The van der Waals surface area contributed by atoms with Crippen LogP contribution in [-0.4, -0.2) is 32.6 Å². The molecule has 2 aromatic rings. The van der Waals surface area contributed by atoms with Crippen molar-refractivity contribution in [2.75, 3.05) is 17.5 Å². The highest BCUT2D eigenvalue weighted by atomic mass is 32.2. The van der Waals surface area contributed by atoms with E-state index in [4.69, 9.17) is 9.84 Å². The average molecular weight is 393 g/mol. The van der Waals surface area contributed by atoms with Gasteiger partial charge in [0.05, 0.1) is 10.6 Å². The number of ether oxygens (including phenoxy) is 1. The molecule has 144 valence electrons. The lowest BCUT2D eigenvalue weighted by Crippen LogP contribution is -2.32. The minimum absolute atomic E-state index is 0.0447. The molecule has 0 aliphatic rings. The lowest BCUT2D eigenvalue weighted by molar-refractivity contribution is -0.137. The highest BCUT2D eigenvalue weighted by Crippen LogP contribution is 2.27. The summed E-state index contributed by atoms with van der Waals surface area (Å²) in [5.41, 5.74) is 0.325. The molecule has 2 aromatic carbocycles. The number of carbonyl (C=O) groups is 1. The van der Waals surface area contributed by atoms with Crippen LogP contribution in [0.25, 0.3) is 0 Å². The standard InChI is InChI=1S/C19H20FNO5S/c1-2-13-26-17-6-3-5-16(14-17)21(12-4-7-19(22)23)27(24,25)18-10-8-15(20)9-11-18/h2-3,5-6,8-11,14H,1,4,7,12-13H2,(H,22,23). The molecule has 0 atom stereocenters. The Labute approximate surface area is 157 Å². The minimum atomic E-state index is -4.01. The van der Waals surface area contributed by atoms with Crippen LogP contribution in [-0.2, 0) is 14.8 Å². The second kappa shape index (κ2) is 9.18. The Bertz CT molecular complexity index is 897. The first-order chi connectivity index (χ1) is 12.8. The molecule has 0 unspecified atom stereocenters. The molecule has 0 aromatic heterocycles. The van der Waals surface area contributed by atoms with Gasteiger partial charge in [-0.25, -0.2) is 12.8 Å². The van der Waals surface area contributed by atoms with Crippen LogP contribution in [0.15, 0.2) is 66.1 Å². The van der Waals surface area contributed by atoms with Gasteiger partial charge in [0.25, 0.3) is 10.0 Å². The van der Waals surface area contributed by atoms with Crippen LogP contribution in [0.5, 0.6) is 5.75 Å². The van der Waals surface area contributed by atoms with Crippen molar-refractivity contribution in [3.63, 3.8) is 0 Å². The van der Waals surface area contributed by atoms with Crippen LogP contribution < -0.4 is 9.04 Å². The molecule has 8 heteroatoms. The maximum Gasteiger partial charge on any atom is 0.303 e. The van der Waals surface area contributed by atoms with Gasteiger partial charge in [-0.05, 0) is 42.8 Å². The molecule has 0 aliphatic carbocycles. The molecule has 0 saturated carbocycles. The third kappa shape index (κ3) is 5.55. The van der Waals surface area contributed by atoms with Crippen LogP contribution in [0.2, 0.25) is 0 Å². The number of carboxylic acid groups (broad SMARTS) is 1. The number of benzene rings is 2. The van der Waals surface area contributed by atoms with E-state index in [1.54, 1.807) is 30.3 Å². The Morgan fingerprint density at radius 3 is 2.56 bits per heavy atom. The van der Waals surface area contributed by atoms with Crippen molar-refractivity contribution in [3.8, 4) is 5.75 Å². The van der Waals surface area contributed by atoms with Gasteiger partial charge in [0.1, 0.15) is 18.2 Å². The molecule has 1 N–H and O–H groups in total. The highest BCUT2D eigenvalue weighted by Gasteiger charge is 2.25. The molecule has 2 rings (SSSR count). The first-order valence-corrected chi connectivity index (χ1v) is 9.62. The number of halogens is 1. The normalized spacial score (nSPS) is 11.0. The van der Waals surface area contributed by atoms with Crippen molar-refractivity contribution < 1.29 is 27.4 Å². The molecule has 0 heterocycles. The van der Waals surface area contributed by atoms with Gasteiger partial charge in [-0.2, -0.15) is 0 Å². The number of hydrogen-bond donors (Lipinski definition) is 1. The Morgan fingerprint density at radius 1 is 1.22 bits per heavy atom. The summed E-state index contributed by atoms with van der Waals surface area (Å²) >= 11 is 0. The van der Waals surface area contributed by atoms with Crippen LogP contribution in [0.3, 0.4) is 0 Å². The van der Waals surface area contributed by atoms with Crippen molar-refractivity contribution in [1.82, 2.24) is 0 Å². The zero-order valence-electron chi connectivity index (χ0n) is 14.5. The molecule has 0 fully saturated rings. The van der Waals surface area contributed by atoms with E-state index in [9.17, 15) is 17.6 Å². The maximum atomic E-state index is 13.2. The predicted molar refractivity (Wildman–Crippen MR) is 99.9 cm³/mol. The van der Waals surface area contributed by atoms with E-state index in [1.165, 1.54) is 12.1 Å². The second-order valence-corrected chi connectivity index (χ2v) is 7.49. The van der Waals surface area contributed by atoms with E-state index in [-0.39, 0.29) is 30.9 Å². The summed E-state index contributed by atoms with van der Waals surface area (Å²) in [6.07, 6.45) is 1.50. The van der Waals surface area contributed by atoms with Crippen LogP contribution in [0, 0.1) is 5.82 Å². The summed E-state index contributed by atoms with van der Waals surface area (Å²) in [4.78, 5) is 10.7. The molecule has 0 radical (unpaired) electrons. The Balaban J connectivity index is 2.39. The number of rotatable bonds is 10. The van der Waals surface area contributed by atoms with E-state index >= 15 is 0 Å². The lowest BCUT2D eigenvalue weighted by Gasteiger charge is -2.25. The highest BCUT2D eigenvalue weighted by molar-refractivity contribution is 7.92. The number of carboxylic acids is 1. The summed E-state index contributed by atoms with van der Waals surface area (Å²) in [6, 6.07) is 10.9. The average Bonchev–Trinajstić information content (AvgIpc) is 2.63. The van der Waals surface area contributed by atoms with E-state index in [2.05, 4.69) is 6.58 Å². The number of hydrogen-bond acceptors (Lipinski definition) is 4. The van der Waals surface area contributed by atoms with Gasteiger partial charge in [0.2, 0.25) is 0 Å². The zero-order chi connectivity index (χ0) is 19.9. The molecular weight excluding hydrogens is 373 g/mol. The fourth-order valence-electron chi connectivity index (χ4n) is 2.38. The molecule has 0 saturated heterocycles. The van der Waals surface area contributed by atoms with Crippen LogP contribution in [0.4, 0.5) is 10.1 Å². The van der Waals surface area contributed by atoms with Gasteiger partial charge in [0, 0.05) is 19.0 Å². The Kier molecular flexibility index (Phi) is 6.95. The fraction of sp³-hybridized carbons (Fsp3) is 0.211. The lowest BCUT2D eigenvalue weighted by atomic mass is 10.2. The number of sulfonamides is 1. The van der Waals surface area contributed by atoms with Crippen molar-refractivity contribution in [2.24, 2.45) is 0 Å². The molecule has 0 spiro atoms. The smallest absolute Gasteiger partial charge is 0.303 e. The van der Waals surface area contributed by atoms with Crippen molar-refractivity contribution >= 4 is 21.7 Å². The quantitative estimate of drug-likeness (QED) is 0.625. The number of anilines is 1. The molecule has 0 aliphatic heterocycles. The molecule has 27 heavy (non-hydrogen) atoms. The van der Waals surface area contributed by atoms with Gasteiger partial charge < -0.3 is 9.84 Å². The van der Waals surface area contributed by atoms with Gasteiger partial charge in [-0.15, -0.1) is 0 Å². The van der Waals surface area contributed by atoms with E-state index < -0.39 is 21.8 Å². The minimum Gasteiger partial charge on any atom is -0.489 e. The van der Waals surface area contributed by atoms with Crippen molar-refractivity contribution in [2.45, 2.75) is 17.7 Å². The molecule has 0 amide bonds. The topological polar surface area (TPSA) is 83.9 Å². The third-order valence-corrected chi connectivity index (χ3v) is 5.47. The first kappa shape index (κ1) is 20.4. The first-order valence-electron chi connectivity index (χ1n) is 8.18. The van der Waals surface area contributed by atoms with Crippen LogP contribution >= 0.6 is 0 Å². The number of aliphatic carboxylic acids is 1. The summed E-state index contributed by atoms with van der Waals surface area (Å²) in [7, 11) is -4.01. The largest absolute Gasteiger partial charge is 0.489 e. The van der Waals surface area contributed by atoms with Gasteiger partial charge in [0.15, 0.2) is 0 Å². The third-order valence-electron chi connectivity index (χ3n) is 3.63. The van der Waals surface area contributed by atoms with E-state index in [0.717, 1.165) is 16.4 Å². The second-order valence-electron chi connectivity index (χ2n) is 5.63. The Hall–Kier alpha value is -2.87. The Morgan fingerprint density at radius 2 is 1.93 bits per heavy atom. The van der Waals surface area contributed by atoms with E-state index in [1.807, 2.05) is 0 Å². The summed E-state index contributed by atoms with van der Waals surface area (Å²) in [5, 5.41) is 8.85. The summed E-state index contributed by atoms with van der Waals surface area (Å²) in [6.45, 7) is 3.77. The zero-order valence-corrected chi connectivity index (χ0v) is 15.4. The van der Waals surface area contributed by atoms with Gasteiger partial charge in [-0.3, -0.25) is 9.10 Å². The molecule has 6 nitrogen and oxygen atoms in total. The van der Waals surface area contributed by atoms with Gasteiger partial charge in [-0.1, -0.05) is 18.7 Å². The van der Waals surface area contributed by atoms with Crippen molar-refractivity contribution in [3.05, 3.63) is 67.0 Å². The monoisotopic (exact) mass is 393 g/mol. The fourth-order valence-corrected chi connectivity index (χ4v) is 3.87. The van der Waals surface area contributed by atoms with E-state index in [0.29, 0.717) is 11.4 Å². The van der Waals surface area contributed by atoms with Crippen LogP contribution in [0.1, 0.15) is 12.8 Å². The summed E-state index contributed by atoms with van der Waals surface area (Å²) in [5.74, 6) is -1.12. The summed E-state index contributed by atoms with van der Waals surface area (Å²) < 4.78 is 45.8.